The first-order valence-electron chi connectivity index (χ1n) is 7.94. The molecule has 0 aliphatic heterocycles. The van der Waals surface area contributed by atoms with Crippen molar-refractivity contribution in [1.29, 1.82) is 0 Å². The Kier molecular flexibility index (Phi) is 6.11. The molecule has 2 aliphatic carbocycles. The molecule has 0 spiro atoms. The number of hydrogen-bond acceptors (Lipinski definition) is 3. The first-order chi connectivity index (χ1) is 9.29. The van der Waals surface area contributed by atoms with Crippen LogP contribution in [0.25, 0.3) is 0 Å². The molecule has 0 heterocycles. The number of hydrogen-bond donors (Lipinski definition) is 2. The zero-order chi connectivity index (χ0) is 13.5. The van der Waals surface area contributed by atoms with Gasteiger partial charge in [-0.1, -0.05) is 32.1 Å². The van der Waals surface area contributed by atoms with Crippen molar-refractivity contribution in [2.75, 3.05) is 19.7 Å². The molecule has 2 aliphatic rings. The van der Waals surface area contributed by atoms with E-state index in [1.165, 1.54) is 44.9 Å². The van der Waals surface area contributed by atoms with E-state index in [2.05, 4.69) is 10.2 Å². The standard InChI is InChI=1S/C15H28N2O2/c18-11-10-17(14-8-4-5-9-14)12-15(19)16-13-6-2-1-3-7-13/h13-14,18H,1-12H2,(H,16,19). The lowest BCUT2D eigenvalue weighted by Crippen LogP contribution is -2.46. The Morgan fingerprint density at radius 2 is 1.68 bits per heavy atom. The van der Waals surface area contributed by atoms with Crippen LogP contribution in [0, 0.1) is 0 Å². The lowest BCUT2D eigenvalue weighted by molar-refractivity contribution is -0.123. The third-order valence-corrected chi connectivity index (χ3v) is 4.55. The van der Waals surface area contributed by atoms with Gasteiger partial charge in [0.1, 0.15) is 0 Å². The highest BCUT2D eigenvalue weighted by atomic mass is 16.3. The Bertz CT molecular complexity index is 271. The second-order valence-electron chi connectivity index (χ2n) is 6.03. The molecule has 2 N–H and O–H groups in total. The molecule has 0 bridgehead atoms. The number of nitrogens with one attached hydrogen (secondary N) is 1. The smallest absolute Gasteiger partial charge is 0.234 e. The van der Waals surface area contributed by atoms with Crippen molar-refractivity contribution in [3.63, 3.8) is 0 Å². The summed E-state index contributed by atoms with van der Waals surface area (Å²) in [7, 11) is 0. The summed E-state index contributed by atoms with van der Waals surface area (Å²) in [6.07, 6.45) is 10.9. The van der Waals surface area contributed by atoms with Gasteiger partial charge in [0.05, 0.1) is 13.2 Å². The molecular formula is C15H28N2O2. The molecule has 110 valence electrons. The highest BCUT2D eigenvalue weighted by Gasteiger charge is 2.24. The molecular weight excluding hydrogens is 240 g/mol. The third kappa shape index (κ3) is 4.77. The highest BCUT2D eigenvalue weighted by molar-refractivity contribution is 5.78. The fourth-order valence-corrected chi connectivity index (χ4v) is 3.49. The molecule has 19 heavy (non-hydrogen) atoms. The number of carbonyl (C=O) groups excluding carboxylic acids is 1. The van der Waals surface area contributed by atoms with Crippen LogP contribution in [-0.4, -0.2) is 47.7 Å². The molecule has 0 radical (unpaired) electrons. The average molecular weight is 268 g/mol. The van der Waals surface area contributed by atoms with Crippen molar-refractivity contribution in [2.45, 2.75) is 69.9 Å². The summed E-state index contributed by atoms with van der Waals surface area (Å²) in [5, 5.41) is 12.3. The minimum Gasteiger partial charge on any atom is -0.395 e. The van der Waals surface area contributed by atoms with E-state index >= 15 is 0 Å². The van der Waals surface area contributed by atoms with Crippen molar-refractivity contribution >= 4 is 5.91 Å². The lowest BCUT2D eigenvalue weighted by Gasteiger charge is -2.29. The minimum atomic E-state index is 0.146. The van der Waals surface area contributed by atoms with Gasteiger partial charge in [-0.3, -0.25) is 9.69 Å². The fraction of sp³-hybridized carbons (Fsp3) is 0.933. The van der Waals surface area contributed by atoms with E-state index in [0.29, 0.717) is 25.2 Å². The van der Waals surface area contributed by atoms with Gasteiger partial charge in [-0.15, -0.1) is 0 Å². The van der Waals surface area contributed by atoms with Crippen molar-refractivity contribution in [3.8, 4) is 0 Å². The molecule has 0 aromatic rings. The normalized spacial score (nSPS) is 22.0. The van der Waals surface area contributed by atoms with E-state index < -0.39 is 0 Å². The zero-order valence-electron chi connectivity index (χ0n) is 11.9. The zero-order valence-corrected chi connectivity index (χ0v) is 11.9. The maximum atomic E-state index is 12.1. The van der Waals surface area contributed by atoms with Crippen molar-refractivity contribution in [2.24, 2.45) is 0 Å². The molecule has 0 saturated heterocycles. The maximum Gasteiger partial charge on any atom is 0.234 e. The molecule has 1 amide bonds. The van der Waals surface area contributed by atoms with Gasteiger partial charge in [-0.25, -0.2) is 0 Å². The van der Waals surface area contributed by atoms with Crippen LogP contribution < -0.4 is 5.32 Å². The van der Waals surface area contributed by atoms with E-state index in [9.17, 15) is 4.79 Å². The quantitative estimate of drug-likeness (QED) is 0.770. The SMILES string of the molecule is O=C(CN(CCO)C1CCCC1)NC1CCCCC1. The van der Waals surface area contributed by atoms with Crippen molar-refractivity contribution in [1.82, 2.24) is 10.2 Å². The van der Waals surface area contributed by atoms with E-state index in [1.54, 1.807) is 0 Å². The summed E-state index contributed by atoms with van der Waals surface area (Å²) in [4.78, 5) is 14.3. The van der Waals surface area contributed by atoms with Gasteiger partial charge >= 0.3 is 0 Å². The van der Waals surface area contributed by atoms with Crippen LogP contribution in [0.3, 0.4) is 0 Å². The maximum absolute atomic E-state index is 12.1. The van der Waals surface area contributed by atoms with Crippen LogP contribution in [0.1, 0.15) is 57.8 Å². The van der Waals surface area contributed by atoms with Gasteiger partial charge in [0, 0.05) is 18.6 Å². The molecule has 0 aromatic carbocycles. The number of amides is 1. The van der Waals surface area contributed by atoms with Crippen LogP contribution in [0.5, 0.6) is 0 Å². The predicted molar refractivity (Wildman–Crippen MR) is 75.9 cm³/mol. The van der Waals surface area contributed by atoms with Crippen LogP contribution in [0.15, 0.2) is 0 Å². The van der Waals surface area contributed by atoms with Gasteiger partial charge in [0.15, 0.2) is 0 Å². The number of aliphatic hydroxyl groups excluding tert-OH is 1. The second kappa shape index (κ2) is 7.85. The van der Waals surface area contributed by atoms with Crippen molar-refractivity contribution < 1.29 is 9.90 Å². The van der Waals surface area contributed by atoms with E-state index in [1.807, 2.05) is 0 Å². The minimum absolute atomic E-state index is 0.146. The second-order valence-corrected chi connectivity index (χ2v) is 6.03. The van der Waals surface area contributed by atoms with Crippen LogP contribution in [-0.2, 0) is 4.79 Å². The molecule has 4 heteroatoms. The van der Waals surface area contributed by atoms with Gasteiger partial charge in [0.25, 0.3) is 0 Å². The van der Waals surface area contributed by atoms with Gasteiger partial charge in [-0.2, -0.15) is 0 Å². The first kappa shape index (κ1) is 14.8. The third-order valence-electron chi connectivity index (χ3n) is 4.55. The van der Waals surface area contributed by atoms with Crippen LogP contribution >= 0.6 is 0 Å². The number of aliphatic hydroxyl groups is 1. The number of rotatable bonds is 6. The first-order valence-corrected chi connectivity index (χ1v) is 7.94. The summed E-state index contributed by atoms with van der Waals surface area (Å²) in [6, 6.07) is 0.894. The molecule has 0 atom stereocenters. The Hall–Kier alpha value is -0.610. The van der Waals surface area contributed by atoms with Gasteiger partial charge in [0.2, 0.25) is 5.91 Å². The molecule has 2 saturated carbocycles. The predicted octanol–water partition coefficient (Wildman–Crippen LogP) is 1.67. The molecule has 0 aromatic heterocycles. The monoisotopic (exact) mass is 268 g/mol. The number of carbonyl (C=O) groups is 1. The highest BCUT2D eigenvalue weighted by Crippen LogP contribution is 2.23. The van der Waals surface area contributed by atoms with Crippen LogP contribution in [0.4, 0.5) is 0 Å². The average Bonchev–Trinajstić information content (AvgIpc) is 2.93. The van der Waals surface area contributed by atoms with Gasteiger partial charge < -0.3 is 10.4 Å². The van der Waals surface area contributed by atoms with E-state index in [4.69, 9.17) is 5.11 Å². The summed E-state index contributed by atoms with van der Waals surface area (Å²) in [5.41, 5.74) is 0. The van der Waals surface area contributed by atoms with E-state index in [-0.39, 0.29) is 12.5 Å². The Morgan fingerprint density at radius 3 is 2.32 bits per heavy atom. The fourth-order valence-electron chi connectivity index (χ4n) is 3.49. The van der Waals surface area contributed by atoms with E-state index in [0.717, 1.165) is 12.8 Å². The summed E-state index contributed by atoms with van der Waals surface area (Å²) < 4.78 is 0. The Labute approximate surface area is 116 Å². The summed E-state index contributed by atoms with van der Waals surface area (Å²) in [6.45, 7) is 1.23. The largest absolute Gasteiger partial charge is 0.395 e. The number of nitrogens with zero attached hydrogens (tertiary/aromatic N) is 1. The summed E-state index contributed by atoms with van der Waals surface area (Å²) >= 11 is 0. The molecule has 4 nitrogen and oxygen atoms in total. The topological polar surface area (TPSA) is 52.6 Å². The molecule has 0 unspecified atom stereocenters. The Balaban J connectivity index is 1.76. The lowest BCUT2D eigenvalue weighted by atomic mass is 9.95. The molecule has 2 rings (SSSR count). The van der Waals surface area contributed by atoms with Gasteiger partial charge in [-0.05, 0) is 25.7 Å². The summed E-state index contributed by atoms with van der Waals surface area (Å²) in [5.74, 6) is 0.146. The molecule has 2 fully saturated rings. The Morgan fingerprint density at radius 1 is 1.05 bits per heavy atom. The van der Waals surface area contributed by atoms with Crippen LogP contribution in [0.2, 0.25) is 0 Å². The van der Waals surface area contributed by atoms with Crippen molar-refractivity contribution in [3.05, 3.63) is 0 Å².